The second-order valence-electron chi connectivity index (χ2n) is 7.15. The first-order valence-corrected chi connectivity index (χ1v) is 9.30. The van der Waals surface area contributed by atoms with Crippen molar-refractivity contribution >= 4 is 0 Å². The Hall–Kier alpha value is -2.64. The van der Waals surface area contributed by atoms with Crippen molar-refractivity contribution in [2.45, 2.75) is 17.9 Å². The molecule has 2 atom stereocenters. The van der Waals surface area contributed by atoms with Gasteiger partial charge in [0.2, 0.25) is 0 Å². The Bertz CT molecular complexity index is 820. The maximum absolute atomic E-state index is 11.9. The molecule has 0 spiro atoms. The lowest BCUT2D eigenvalue weighted by molar-refractivity contribution is -0.00637. The van der Waals surface area contributed by atoms with E-state index in [4.69, 9.17) is 0 Å². The summed E-state index contributed by atoms with van der Waals surface area (Å²) in [5.74, 6) is 0.520. The van der Waals surface area contributed by atoms with Crippen LogP contribution in [0.15, 0.2) is 109 Å². The molecule has 1 N–H and O–H groups in total. The largest absolute Gasteiger partial charge is 0.384 e. The van der Waals surface area contributed by atoms with Gasteiger partial charge in [-0.2, -0.15) is 0 Å². The van der Waals surface area contributed by atoms with Crippen molar-refractivity contribution in [3.8, 4) is 0 Å². The third kappa shape index (κ3) is 3.23. The van der Waals surface area contributed by atoms with Gasteiger partial charge in [0.05, 0.1) is 5.60 Å². The Morgan fingerprint density at radius 2 is 1.27 bits per heavy atom. The van der Waals surface area contributed by atoms with Crippen LogP contribution in [0.25, 0.3) is 0 Å². The minimum atomic E-state index is -0.935. The molecule has 0 aromatic heterocycles. The van der Waals surface area contributed by atoms with Gasteiger partial charge in [-0.25, -0.2) is 0 Å². The van der Waals surface area contributed by atoms with Gasteiger partial charge in [0.1, 0.15) is 0 Å². The van der Waals surface area contributed by atoms with Crippen LogP contribution in [0.4, 0.5) is 0 Å². The molecule has 26 heavy (non-hydrogen) atoms. The number of benzene rings is 2. The lowest BCUT2D eigenvalue weighted by atomic mass is 9.71. The molecule has 0 fully saturated rings. The number of hydrogen-bond donors (Lipinski definition) is 1. The molecule has 2 aliphatic carbocycles. The predicted octanol–water partition coefficient (Wildman–Crippen LogP) is 5.53. The molecule has 2 unspecified atom stereocenters. The minimum absolute atomic E-state index is 0.00882. The molecule has 0 bridgehead atoms. The summed E-state index contributed by atoms with van der Waals surface area (Å²) in [6.45, 7) is 0. The summed E-state index contributed by atoms with van der Waals surface area (Å²) in [6, 6.07) is 20.7. The molecular formula is C25H24O. The third-order valence-corrected chi connectivity index (χ3v) is 5.57. The molecule has 2 aromatic carbocycles. The maximum Gasteiger partial charge on any atom is 0.0999 e. The van der Waals surface area contributed by atoms with E-state index in [-0.39, 0.29) is 11.8 Å². The lowest BCUT2D eigenvalue weighted by Gasteiger charge is -2.37. The van der Waals surface area contributed by atoms with E-state index >= 15 is 0 Å². The molecule has 2 aromatic rings. The molecule has 0 aliphatic heterocycles. The van der Waals surface area contributed by atoms with Crippen LogP contribution in [0, 0.1) is 11.8 Å². The summed E-state index contributed by atoms with van der Waals surface area (Å²) in [5, 5.41) is 11.9. The van der Waals surface area contributed by atoms with Gasteiger partial charge in [-0.15, -0.1) is 0 Å². The quantitative estimate of drug-likeness (QED) is 0.733. The first-order valence-electron chi connectivity index (χ1n) is 9.30. The fourth-order valence-corrected chi connectivity index (χ4v) is 4.15. The predicted molar refractivity (Wildman–Crippen MR) is 108 cm³/mol. The summed E-state index contributed by atoms with van der Waals surface area (Å²) < 4.78 is 0. The zero-order valence-corrected chi connectivity index (χ0v) is 14.8. The molecule has 4 rings (SSSR count). The van der Waals surface area contributed by atoms with E-state index < -0.39 is 5.60 Å². The van der Waals surface area contributed by atoms with Crippen molar-refractivity contribution in [3.05, 3.63) is 120 Å². The molecule has 1 nitrogen and oxygen atoms in total. The molecule has 0 heterocycles. The van der Waals surface area contributed by atoms with E-state index in [2.05, 4.69) is 60.7 Å². The number of hydrogen-bond acceptors (Lipinski definition) is 1. The van der Waals surface area contributed by atoms with Gasteiger partial charge < -0.3 is 5.11 Å². The van der Waals surface area contributed by atoms with Gasteiger partial charge in [-0.05, 0) is 23.5 Å². The van der Waals surface area contributed by atoms with E-state index in [1.807, 2.05) is 48.6 Å². The van der Waals surface area contributed by atoms with Crippen molar-refractivity contribution in [2.24, 2.45) is 11.8 Å². The standard InChI is InChI=1S/C25H24O/c26-25(23-17-9-10-18-23,22-15-5-2-6-16-22)19-24(21-13-7-8-14-21)20-11-3-1-4-12-20/h1-18,21,23-24,26H,19H2. The van der Waals surface area contributed by atoms with E-state index in [1.54, 1.807) is 0 Å². The Labute approximate surface area is 155 Å². The maximum atomic E-state index is 11.9. The summed E-state index contributed by atoms with van der Waals surface area (Å²) in [4.78, 5) is 0. The smallest absolute Gasteiger partial charge is 0.0999 e. The molecule has 1 heteroatoms. The highest BCUT2D eigenvalue weighted by Gasteiger charge is 2.40. The highest BCUT2D eigenvalue weighted by atomic mass is 16.3. The normalized spacial score (nSPS) is 19.9. The first-order chi connectivity index (χ1) is 12.8. The second-order valence-corrected chi connectivity index (χ2v) is 7.15. The fraction of sp³-hybridized carbons (Fsp3) is 0.200. The van der Waals surface area contributed by atoms with Crippen molar-refractivity contribution < 1.29 is 5.11 Å². The Balaban J connectivity index is 1.75. The minimum Gasteiger partial charge on any atom is -0.384 e. The van der Waals surface area contributed by atoms with Crippen LogP contribution < -0.4 is 0 Å². The second kappa shape index (κ2) is 7.31. The topological polar surface area (TPSA) is 20.2 Å². The zero-order chi connectivity index (χ0) is 17.8. The number of allylic oxidation sites excluding steroid dienone is 6. The monoisotopic (exact) mass is 340 g/mol. The highest BCUT2D eigenvalue weighted by Crippen LogP contribution is 2.45. The Morgan fingerprint density at radius 3 is 1.88 bits per heavy atom. The summed E-state index contributed by atoms with van der Waals surface area (Å²) >= 11 is 0. The summed E-state index contributed by atoms with van der Waals surface area (Å²) in [7, 11) is 0. The molecular weight excluding hydrogens is 316 g/mol. The van der Waals surface area contributed by atoms with Gasteiger partial charge in [-0.3, -0.25) is 0 Å². The van der Waals surface area contributed by atoms with E-state index in [0.717, 1.165) is 5.56 Å². The molecule has 0 amide bonds. The van der Waals surface area contributed by atoms with Crippen LogP contribution in [0.2, 0.25) is 0 Å². The Kier molecular flexibility index (Phi) is 4.73. The highest BCUT2D eigenvalue weighted by molar-refractivity contribution is 5.35. The van der Waals surface area contributed by atoms with Crippen LogP contribution >= 0.6 is 0 Å². The van der Waals surface area contributed by atoms with Crippen LogP contribution in [0.1, 0.15) is 23.5 Å². The number of aliphatic hydroxyl groups is 1. The van der Waals surface area contributed by atoms with Crippen LogP contribution in [-0.2, 0) is 5.60 Å². The summed E-state index contributed by atoms with van der Waals surface area (Å²) in [6.07, 6.45) is 17.6. The van der Waals surface area contributed by atoms with E-state index in [9.17, 15) is 5.11 Å². The molecule has 0 saturated heterocycles. The summed E-state index contributed by atoms with van der Waals surface area (Å²) in [5.41, 5.74) is 1.32. The average molecular weight is 340 g/mol. The Morgan fingerprint density at radius 1 is 0.731 bits per heavy atom. The van der Waals surface area contributed by atoms with Gasteiger partial charge in [0, 0.05) is 11.8 Å². The van der Waals surface area contributed by atoms with E-state index in [1.165, 1.54) is 5.56 Å². The average Bonchev–Trinajstić information content (AvgIpc) is 3.41. The van der Waals surface area contributed by atoms with Crippen LogP contribution in [-0.4, -0.2) is 5.11 Å². The van der Waals surface area contributed by atoms with Crippen molar-refractivity contribution in [3.63, 3.8) is 0 Å². The van der Waals surface area contributed by atoms with Gasteiger partial charge in [-0.1, -0.05) is 109 Å². The van der Waals surface area contributed by atoms with Gasteiger partial charge in [0.25, 0.3) is 0 Å². The van der Waals surface area contributed by atoms with Gasteiger partial charge >= 0.3 is 0 Å². The zero-order valence-electron chi connectivity index (χ0n) is 14.8. The molecule has 2 aliphatic rings. The fourth-order valence-electron chi connectivity index (χ4n) is 4.15. The van der Waals surface area contributed by atoms with Crippen molar-refractivity contribution in [1.82, 2.24) is 0 Å². The van der Waals surface area contributed by atoms with Crippen molar-refractivity contribution in [2.75, 3.05) is 0 Å². The van der Waals surface area contributed by atoms with Crippen LogP contribution in [0.3, 0.4) is 0 Å². The van der Waals surface area contributed by atoms with Crippen molar-refractivity contribution in [1.29, 1.82) is 0 Å². The molecule has 130 valence electrons. The SMILES string of the molecule is OC(CC(c1ccccc1)C1C=CC=C1)(c1ccccc1)C1C=CC=C1. The first kappa shape index (κ1) is 16.8. The van der Waals surface area contributed by atoms with Crippen LogP contribution in [0.5, 0.6) is 0 Å². The number of rotatable bonds is 6. The third-order valence-electron chi connectivity index (χ3n) is 5.57. The lowest BCUT2D eigenvalue weighted by Crippen LogP contribution is -2.35. The van der Waals surface area contributed by atoms with Gasteiger partial charge in [0.15, 0.2) is 0 Å². The molecule has 0 radical (unpaired) electrons. The molecule has 0 saturated carbocycles. The van der Waals surface area contributed by atoms with E-state index in [0.29, 0.717) is 12.3 Å².